The summed E-state index contributed by atoms with van der Waals surface area (Å²) in [6, 6.07) is -2.62. The Morgan fingerprint density at radius 1 is 1.30 bits per heavy atom. The van der Waals surface area contributed by atoms with E-state index in [4.69, 9.17) is 37.1 Å². The van der Waals surface area contributed by atoms with E-state index in [1.165, 1.54) is 19.1 Å². The summed E-state index contributed by atoms with van der Waals surface area (Å²) in [6.45, 7) is 1.61. The second-order valence-electron chi connectivity index (χ2n) is 7.99. The summed E-state index contributed by atoms with van der Waals surface area (Å²) in [7, 11) is 2.84. The molecular formula is C18H36N6O6. The summed E-state index contributed by atoms with van der Waals surface area (Å²) in [5.41, 5.74) is 23.5. The van der Waals surface area contributed by atoms with Crippen LogP contribution in [-0.4, -0.2) is 109 Å². The standard InChI is InChI=1S/C18H36N6O6/c1-8(20)10-5-4-9(21)18(29-10)30-16-12(22)14(26)17(28-3)13(15(16)27)24(2)11(25)6-23-7-19/h7-10,12-18,26-27H,4-6,20-22H2,1-3H3,(H2,19,23)/t8?,9-,10?,12+,13-,14+,15+,16+,17+,18-/m1/s1. The summed E-state index contributed by atoms with van der Waals surface area (Å²) in [4.78, 5) is 17.4. The van der Waals surface area contributed by atoms with E-state index in [2.05, 4.69) is 4.99 Å². The molecular weight excluding hydrogens is 396 g/mol. The molecule has 1 amide bonds. The van der Waals surface area contributed by atoms with Gasteiger partial charge in [0, 0.05) is 20.2 Å². The van der Waals surface area contributed by atoms with Crippen LogP contribution in [-0.2, 0) is 19.0 Å². The average Bonchev–Trinajstić information content (AvgIpc) is 2.72. The SMILES string of the molecule is CO[C@@H]1[C@@H](O)[C@H](N)[C@H](O[C@H]2OC(C(C)N)CC[C@H]2N)[C@@H](O)[C@H]1N(C)C(=O)CN=CN. The second-order valence-corrected chi connectivity index (χ2v) is 7.99. The highest BCUT2D eigenvalue weighted by atomic mass is 16.7. The first-order chi connectivity index (χ1) is 14.1. The molecule has 2 aliphatic rings. The lowest BCUT2D eigenvalue weighted by atomic mass is 9.80. The number of aliphatic imine (C=N–C) groups is 1. The van der Waals surface area contributed by atoms with Crippen molar-refractivity contribution < 1.29 is 29.2 Å². The highest BCUT2D eigenvalue weighted by molar-refractivity contribution is 5.79. The lowest BCUT2D eigenvalue weighted by molar-refractivity contribution is -0.267. The molecule has 0 spiro atoms. The van der Waals surface area contributed by atoms with Gasteiger partial charge in [-0.05, 0) is 19.8 Å². The van der Waals surface area contributed by atoms with Crippen LogP contribution in [0.1, 0.15) is 19.8 Å². The van der Waals surface area contributed by atoms with E-state index in [1.807, 2.05) is 6.92 Å². The van der Waals surface area contributed by atoms with Gasteiger partial charge in [-0.15, -0.1) is 0 Å². The maximum absolute atomic E-state index is 12.4. The first-order valence-corrected chi connectivity index (χ1v) is 10.1. The number of hydrogen-bond acceptors (Lipinski definition) is 10. The molecule has 0 radical (unpaired) electrons. The molecule has 10 N–H and O–H groups in total. The number of hydrogen-bond donors (Lipinski definition) is 6. The van der Waals surface area contributed by atoms with Crippen molar-refractivity contribution in [3.8, 4) is 0 Å². The largest absolute Gasteiger partial charge is 0.390 e. The molecule has 2 unspecified atom stereocenters. The van der Waals surface area contributed by atoms with Crippen molar-refractivity contribution in [1.29, 1.82) is 0 Å². The third-order valence-electron chi connectivity index (χ3n) is 5.90. The number of nitrogens with two attached hydrogens (primary N) is 4. The summed E-state index contributed by atoms with van der Waals surface area (Å²) in [6.07, 6.45) is -3.29. The van der Waals surface area contributed by atoms with Gasteiger partial charge >= 0.3 is 0 Å². The number of aliphatic hydroxyl groups is 2. The maximum Gasteiger partial charge on any atom is 0.244 e. The molecule has 0 aromatic carbocycles. The van der Waals surface area contributed by atoms with E-state index < -0.39 is 54.7 Å². The Labute approximate surface area is 176 Å². The van der Waals surface area contributed by atoms with E-state index in [-0.39, 0.29) is 18.7 Å². The summed E-state index contributed by atoms with van der Waals surface area (Å²) in [5.74, 6) is -0.424. The van der Waals surface area contributed by atoms with Gasteiger partial charge in [-0.3, -0.25) is 9.79 Å². The maximum atomic E-state index is 12.4. The van der Waals surface area contributed by atoms with Gasteiger partial charge in [0.05, 0.1) is 36.7 Å². The lowest BCUT2D eigenvalue weighted by Gasteiger charge is -2.50. The molecule has 1 saturated heterocycles. The number of carbonyl (C=O) groups is 1. The van der Waals surface area contributed by atoms with Crippen LogP contribution in [0.5, 0.6) is 0 Å². The number of amides is 1. The Hall–Kier alpha value is -1.38. The fourth-order valence-electron chi connectivity index (χ4n) is 4.05. The highest BCUT2D eigenvalue weighted by Gasteiger charge is 2.53. The minimum atomic E-state index is -1.28. The van der Waals surface area contributed by atoms with Crippen molar-refractivity contribution >= 4 is 12.2 Å². The molecule has 174 valence electrons. The van der Waals surface area contributed by atoms with Crippen molar-refractivity contribution in [2.45, 2.75) is 80.7 Å². The van der Waals surface area contributed by atoms with Crippen LogP contribution in [0.4, 0.5) is 0 Å². The minimum Gasteiger partial charge on any atom is -0.390 e. The lowest BCUT2D eigenvalue weighted by Crippen LogP contribution is -2.72. The van der Waals surface area contributed by atoms with E-state index in [0.29, 0.717) is 12.8 Å². The molecule has 1 heterocycles. The quantitative estimate of drug-likeness (QED) is 0.172. The zero-order chi connectivity index (χ0) is 22.6. The smallest absolute Gasteiger partial charge is 0.244 e. The van der Waals surface area contributed by atoms with Crippen molar-refractivity contribution in [3.63, 3.8) is 0 Å². The molecule has 30 heavy (non-hydrogen) atoms. The van der Waals surface area contributed by atoms with Crippen molar-refractivity contribution in [2.75, 3.05) is 20.7 Å². The van der Waals surface area contributed by atoms with Crippen LogP contribution < -0.4 is 22.9 Å². The third-order valence-corrected chi connectivity index (χ3v) is 5.90. The van der Waals surface area contributed by atoms with E-state index in [1.54, 1.807) is 0 Å². The first kappa shape index (κ1) is 24.9. The molecule has 12 nitrogen and oxygen atoms in total. The van der Waals surface area contributed by atoms with Gasteiger partial charge in [-0.25, -0.2) is 0 Å². The molecule has 1 saturated carbocycles. The zero-order valence-electron chi connectivity index (χ0n) is 17.7. The number of carbonyl (C=O) groups excluding carboxylic acids is 1. The molecule has 2 rings (SSSR count). The van der Waals surface area contributed by atoms with Crippen molar-refractivity contribution in [3.05, 3.63) is 0 Å². The van der Waals surface area contributed by atoms with Crippen LogP contribution >= 0.6 is 0 Å². The number of nitrogens with zero attached hydrogens (tertiary/aromatic N) is 2. The van der Waals surface area contributed by atoms with Gasteiger partial charge in [0.1, 0.15) is 24.9 Å². The van der Waals surface area contributed by atoms with Crippen LogP contribution in [0, 0.1) is 0 Å². The fourth-order valence-corrected chi connectivity index (χ4v) is 4.05. The second kappa shape index (κ2) is 10.8. The number of likely N-dealkylation sites (N-methyl/N-ethyl adjacent to an activating group) is 1. The van der Waals surface area contributed by atoms with Crippen molar-refractivity contribution in [2.24, 2.45) is 27.9 Å². The van der Waals surface area contributed by atoms with Gasteiger partial charge in [0.15, 0.2) is 6.29 Å². The van der Waals surface area contributed by atoms with Crippen LogP contribution in [0.25, 0.3) is 0 Å². The summed E-state index contributed by atoms with van der Waals surface area (Å²) >= 11 is 0. The fraction of sp³-hybridized carbons (Fsp3) is 0.889. The predicted octanol–water partition coefficient (Wildman–Crippen LogP) is -3.56. The van der Waals surface area contributed by atoms with Gasteiger partial charge in [0.25, 0.3) is 0 Å². The molecule has 10 atom stereocenters. The van der Waals surface area contributed by atoms with E-state index in [9.17, 15) is 15.0 Å². The number of methoxy groups -OCH3 is 1. The predicted molar refractivity (Wildman–Crippen MR) is 109 cm³/mol. The Bertz CT molecular complexity index is 596. The van der Waals surface area contributed by atoms with Gasteiger partial charge in [-0.1, -0.05) is 0 Å². The molecule has 1 aliphatic carbocycles. The molecule has 2 fully saturated rings. The Balaban J connectivity index is 2.23. The highest BCUT2D eigenvalue weighted by Crippen LogP contribution is 2.31. The molecule has 0 aromatic rings. The molecule has 12 heteroatoms. The van der Waals surface area contributed by atoms with Gasteiger partial charge < -0.3 is 52.3 Å². The van der Waals surface area contributed by atoms with Crippen LogP contribution in [0.3, 0.4) is 0 Å². The zero-order valence-corrected chi connectivity index (χ0v) is 17.7. The number of ether oxygens (including phenoxy) is 3. The minimum absolute atomic E-state index is 0.215. The number of aliphatic hydroxyl groups excluding tert-OH is 2. The molecule has 1 aliphatic heterocycles. The van der Waals surface area contributed by atoms with E-state index >= 15 is 0 Å². The monoisotopic (exact) mass is 432 g/mol. The topological polar surface area (TPSA) is 205 Å². The van der Waals surface area contributed by atoms with Gasteiger partial charge in [-0.2, -0.15) is 0 Å². The van der Waals surface area contributed by atoms with Crippen LogP contribution in [0.15, 0.2) is 4.99 Å². The Kier molecular flexibility index (Phi) is 8.94. The third kappa shape index (κ3) is 5.26. The normalized spacial score (nSPS) is 41.0. The summed E-state index contributed by atoms with van der Waals surface area (Å²) in [5, 5.41) is 21.8. The van der Waals surface area contributed by atoms with Crippen molar-refractivity contribution in [1.82, 2.24) is 4.90 Å². The Morgan fingerprint density at radius 2 is 1.97 bits per heavy atom. The first-order valence-electron chi connectivity index (χ1n) is 10.1. The number of rotatable bonds is 7. The molecule has 0 aromatic heterocycles. The molecule has 0 bridgehead atoms. The van der Waals surface area contributed by atoms with Crippen LogP contribution in [0.2, 0.25) is 0 Å². The van der Waals surface area contributed by atoms with E-state index in [0.717, 1.165) is 6.34 Å². The Morgan fingerprint density at radius 3 is 2.53 bits per heavy atom. The van der Waals surface area contributed by atoms with Gasteiger partial charge in [0.2, 0.25) is 5.91 Å². The summed E-state index contributed by atoms with van der Waals surface area (Å²) < 4.78 is 17.2. The average molecular weight is 433 g/mol.